The zero-order chi connectivity index (χ0) is 26.0. The van der Waals surface area contributed by atoms with Crippen LogP contribution >= 0.6 is 0 Å². The molecule has 36 heavy (non-hydrogen) atoms. The van der Waals surface area contributed by atoms with Gasteiger partial charge in [-0.2, -0.15) is 0 Å². The Hall–Kier alpha value is -3.64. The van der Waals surface area contributed by atoms with Crippen molar-refractivity contribution in [1.29, 1.82) is 0 Å². The van der Waals surface area contributed by atoms with E-state index in [4.69, 9.17) is 23.7 Å². The predicted molar refractivity (Wildman–Crippen MR) is 126 cm³/mol. The van der Waals surface area contributed by atoms with Gasteiger partial charge >= 0.3 is 5.97 Å². The lowest BCUT2D eigenvalue weighted by atomic mass is 9.99. The lowest BCUT2D eigenvalue weighted by Crippen LogP contribution is -2.61. The number of fused-ring (bicyclic) bond motifs is 1. The molecule has 1 aromatic heterocycles. The number of aliphatic hydroxyl groups excluding tert-OH is 3. The van der Waals surface area contributed by atoms with E-state index in [0.717, 1.165) is 22.0 Å². The molecular weight excluding hydrogens is 474 g/mol. The zero-order valence-electron chi connectivity index (χ0n) is 19.8. The van der Waals surface area contributed by atoms with Gasteiger partial charge in [-0.3, -0.25) is 4.98 Å². The van der Waals surface area contributed by atoms with E-state index in [1.807, 2.05) is 18.2 Å². The molecule has 0 bridgehead atoms. The molecule has 5 atom stereocenters. The summed E-state index contributed by atoms with van der Waals surface area (Å²) in [6.07, 6.45) is -6.53. The monoisotopic (exact) mass is 501 g/mol. The molecule has 1 aliphatic heterocycles. The quantitative estimate of drug-likeness (QED) is 0.351. The second-order valence-corrected chi connectivity index (χ2v) is 8.20. The van der Waals surface area contributed by atoms with E-state index in [1.165, 1.54) is 7.11 Å². The highest BCUT2D eigenvalue weighted by Gasteiger charge is 2.48. The number of rotatable bonds is 8. The normalized spacial score (nSPS) is 23.8. The van der Waals surface area contributed by atoms with E-state index in [9.17, 15) is 25.2 Å². The third-order valence-corrected chi connectivity index (χ3v) is 6.01. The fourth-order valence-electron chi connectivity index (χ4n) is 4.09. The second-order valence-electron chi connectivity index (χ2n) is 8.20. The van der Waals surface area contributed by atoms with Crippen molar-refractivity contribution in [1.82, 2.24) is 4.98 Å². The van der Waals surface area contributed by atoms with Crippen LogP contribution in [0.15, 0.2) is 42.6 Å². The van der Waals surface area contributed by atoms with Crippen LogP contribution in [0.4, 0.5) is 0 Å². The molecule has 1 fully saturated rings. The number of pyridine rings is 1. The number of aromatic nitrogens is 1. The largest absolute Gasteiger partial charge is 0.493 e. The molecule has 11 heteroatoms. The molecule has 1 saturated heterocycles. The summed E-state index contributed by atoms with van der Waals surface area (Å²) >= 11 is 0. The molecular formula is C25H27NO10. The van der Waals surface area contributed by atoms with Crippen LogP contribution in [0.1, 0.15) is 11.3 Å². The maximum absolute atomic E-state index is 11.4. The molecule has 0 radical (unpaired) electrons. The van der Waals surface area contributed by atoms with Crippen LogP contribution in [0.3, 0.4) is 0 Å². The van der Waals surface area contributed by atoms with Crippen LogP contribution < -0.4 is 18.9 Å². The van der Waals surface area contributed by atoms with Crippen LogP contribution in [-0.4, -0.2) is 83.4 Å². The fraction of sp³-hybridized carbons (Fsp3) is 0.360. The Morgan fingerprint density at radius 3 is 2.25 bits per heavy atom. The first-order valence-corrected chi connectivity index (χ1v) is 11.0. The van der Waals surface area contributed by atoms with Gasteiger partial charge in [-0.15, -0.1) is 0 Å². The second kappa shape index (κ2) is 10.5. The maximum Gasteiger partial charge on any atom is 0.335 e. The summed E-state index contributed by atoms with van der Waals surface area (Å²) in [4.78, 5) is 15.9. The first-order valence-electron chi connectivity index (χ1n) is 11.0. The van der Waals surface area contributed by atoms with E-state index in [0.29, 0.717) is 17.9 Å². The van der Waals surface area contributed by atoms with Gasteiger partial charge in [0.25, 0.3) is 0 Å². The number of aliphatic carboxylic acids is 1. The van der Waals surface area contributed by atoms with E-state index in [1.54, 1.807) is 38.6 Å². The molecule has 0 saturated carbocycles. The van der Waals surface area contributed by atoms with Gasteiger partial charge in [0.15, 0.2) is 29.1 Å². The number of carbonyl (C=O) groups is 1. The average molecular weight is 501 g/mol. The Bertz CT molecular complexity index is 1250. The van der Waals surface area contributed by atoms with Gasteiger partial charge in [0.2, 0.25) is 6.29 Å². The minimum Gasteiger partial charge on any atom is -0.493 e. The number of hydrogen-bond acceptors (Lipinski definition) is 10. The zero-order valence-corrected chi connectivity index (χ0v) is 19.8. The first kappa shape index (κ1) is 25.5. The third kappa shape index (κ3) is 4.86. The minimum absolute atomic E-state index is 0.144. The Labute approximate surface area is 206 Å². The molecule has 0 unspecified atom stereocenters. The summed E-state index contributed by atoms with van der Waals surface area (Å²) in [7, 11) is 4.56. The van der Waals surface area contributed by atoms with Crippen LogP contribution in [0.2, 0.25) is 0 Å². The van der Waals surface area contributed by atoms with E-state index in [2.05, 4.69) is 4.98 Å². The highest BCUT2D eigenvalue weighted by molar-refractivity contribution is 5.88. The molecule has 0 amide bonds. The van der Waals surface area contributed by atoms with Gasteiger partial charge in [-0.05, 0) is 41.3 Å². The van der Waals surface area contributed by atoms with E-state index >= 15 is 0 Å². The van der Waals surface area contributed by atoms with Crippen molar-refractivity contribution in [3.05, 3.63) is 53.9 Å². The SMILES string of the molecule is COc1ccc(Cc2nccc3cc(O[C@@H]4O[C@H](C(=O)O)[C@@H](O)[C@H](O)[C@H]4O)c(OC)cc23)cc1OC. The molecule has 1 aliphatic rings. The van der Waals surface area contributed by atoms with Crippen molar-refractivity contribution >= 4 is 16.7 Å². The molecule has 192 valence electrons. The summed E-state index contributed by atoms with van der Waals surface area (Å²) in [5, 5.41) is 41.1. The summed E-state index contributed by atoms with van der Waals surface area (Å²) in [5.74, 6) is 0.128. The first-order chi connectivity index (χ1) is 17.3. The molecule has 11 nitrogen and oxygen atoms in total. The highest BCUT2D eigenvalue weighted by Crippen LogP contribution is 2.37. The van der Waals surface area contributed by atoms with Gasteiger partial charge in [0.1, 0.15) is 18.3 Å². The molecule has 0 aliphatic carbocycles. The number of carboxylic acids is 1. The number of methoxy groups -OCH3 is 3. The Morgan fingerprint density at radius 1 is 0.889 bits per heavy atom. The Kier molecular flexibility index (Phi) is 7.45. The van der Waals surface area contributed by atoms with Gasteiger partial charge in [0, 0.05) is 18.0 Å². The number of carboxylic acid groups (broad SMARTS) is 1. The molecule has 2 aromatic carbocycles. The predicted octanol–water partition coefficient (Wildman–Crippen LogP) is 1.12. The molecule has 2 heterocycles. The number of hydrogen-bond donors (Lipinski definition) is 4. The highest BCUT2D eigenvalue weighted by atomic mass is 16.7. The molecule has 3 aromatic rings. The lowest BCUT2D eigenvalue weighted by Gasteiger charge is -2.38. The standard InChI is InChI=1S/C25H27NO10/c1-32-16-5-4-12(9-17(16)33-2)8-15-14-11-18(34-3)19(10-13(14)6-7-26-15)35-25-22(29)20(27)21(28)23(36-25)24(30)31/h4-7,9-11,20-23,25,27-29H,8H2,1-3H3,(H,30,31)/t20-,21-,22+,23-,25+/m0/s1. The van der Waals surface area contributed by atoms with Crippen LogP contribution in [0, 0.1) is 0 Å². The molecule has 4 rings (SSSR count). The minimum atomic E-state index is -1.82. The van der Waals surface area contributed by atoms with E-state index in [-0.39, 0.29) is 11.5 Å². The van der Waals surface area contributed by atoms with Crippen molar-refractivity contribution in [3.8, 4) is 23.0 Å². The van der Waals surface area contributed by atoms with Crippen LogP contribution in [0.25, 0.3) is 10.8 Å². The summed E-state index contributed by atoms with van der Waals surface area (Å²) in [6, 6.07) is 10.7. The maximum atomic E-state index is 11.4. The van der Waals surface area contributed by atoms with Gasteiger partial charge in [-0.25, -0.2) is 4.79 Å². The van der Waals surface area contributed by atoms with Crippen LogP contribution in [-0.2, 0) is 16.0 Å². The number of nitrogens with zero attached hydrogens (tertiary/aromatic N) is 1. The summed E-state index contributed by atoms with van der Waals surface area (Å²) in [5.41, 5.74) is 1.70. The Balaban J connectivity index is 1.66. The van der Waals surface area contributed by atoms with E-state index < -0.39 is 36.7 Å². The summed E-state index contributed by atoms with van der Waals surface area (Å²) < 4.78 is 27.1. The topological polar surface area (TPSA) is 157 Å². The molecule has 4 N–H and O–H groups in total. The van der Waals surface area contributed by atoms with Gasteiger partial charge in [0.05, 0.1) is 27.0 Å². The number of aliphatic hydroxyl groups is 3. The smallest absolute Gasteiger partial charge is 0.335 e. The van der Waals surface area contributed by atoms with Crippen molar-refractivity contribution in [2.75, 3.05) is 21.3 Å². The van der Waals surface area contributed by atoms with Crippen molar-refractivity contribution in [2.45, 2.75) is 37.1 Å². The fourth-order valence-corrected chi connectivity index (χ4v) is 4.09. The lowest BCUT2D eigenvalue weighted by molar-refractivity contribution is -0.271. The van der Waals surface area contributed by atoms with Crippen molar-refractivity contribution in [3.63, 3.8) is 0 Å². The average Bonchev–Trinajstić information content (AvgIpc) is 2.88. The summed E-state index contributed by atoms with van der Waals surface area (Å²) in [6.45, 7) is 0. The van der Waals surface area contributed by atoms with Crippen molar-refractivity contribution in [2.24, 2.45) is 0 Å². The van der Waals surface area contributed by atoms with Crippen LogP contribution in [0.5, 0.6) is 23.0 Å². The molecule has 0 spiro atoms. The van der Waals surface area contributed by atoms with Gasteiger partial charge in [-0.1, -0.05) is 6.07 Å². The van der Waals surface area contributed by atoms with Gasteiger partial charge < -0.3 is 44.1 Å². The van der Waals surface area contributed by atoms with Crippen molar-refractivity contribution < 1.29 is 48.9 Å². The Morgan fingerprint density at radius 2 is 1.58 bits per heavy atom. The number of ether oxygens (including phenoxy) is 5. The third-order valence-electron chi connectivity index (χ3n) is 6.01. The number of benzene rings is 2.